The summed E-state index contributed by atoms with van der Waals surface area (Å²) in [6, 6.07) is 12.3. The third-order valence-corrected chi connectivity index (χ3v) is 7.45. The van der Waals surface area contributed by atoms with Crippen LogP contribution in [0.15, 0.2) is 47.4 Å². The second-order valence-electron chi connectivity index (χ2n) is 9.72. The summed E-state index contributed by atoms with van der Waals surface area (Å²) in [6.07, 6.45) is 3.99. The highest BCUT2D eigenvalue weighted by Gasteiger charge is 2.34. The molecule has 0 radical (unpaired) electrons. The van der Waals surface area contributed by atoms with E-state index < -0.39 is 5.82 Å². The number of fused-ring (bicyclic) bond motifs is 2. The maximum absolute atomic E-state index is 14.7. The topological polar surface area (TPSA) is 91.8 Å². The van der Waals surface area contributed by atoms with E-state index in [1.807, 2.05) is 44.4 Å². The summed E-state index contributed by atoms with van der Waals surface area (Å²) in [7, 11) is 1.85. The van der Waals surface area contributed by atoms with Crippen molar-refractivity contribution < 1.29 is 4.39 Å². The Hall–Kier alpha value is -4.03. The van der Waals surface area contributed by atoms with Gasteiger partial charge in [0.25, 0.3) is 5.56 Å². The minimum atomic E-state index is -0.640. The molecule has 182 valence electrons. The highest BCUT2D eigenvalue weighted by Crippen LogP contribution is 2.31. The van der Waals surface area contributed by atoms with Crippen molar-refractivity contribution in [3.63, 3.8) is 0 Å². The van der Waals surface area contributed by atoms with Gasteiger partial charge >= 0.3 is 0 Å². The predicted octanol–water partition coefficient (Wildman–Crippen LogP) is 3.29. The highest BCUT2D eigenvalue weighted by atomic mass is 19.1. The number of nitrogens with zero attached hydrogens (tertiary/aromatic N) is 6. The molecule has 2 aliphatic heterocycles. The van der Waals surface area contributed by atoms with E-state index in [0.717, 1.165) is 43.4 Å². The van der Waals surface area contributed by atoms with Gasteiger partial charge in [-0.1, -0.05) is 0 Å². The van der Waals surface area contributed by atoms with Crippen LogP contribution < -0.4 is 15.8 Å². The van der Waals surface area contributed by atoms with Gasteiger partial charge in [-0.15, -0.1) is 0 Å². The molecule has 1 N–H and O–H groups in total. The Labute approximate surface area is 207 Å². The van der Waals surface area contributed by atoms with Gasteiger partial charge in [-0.2, -0.15) is 10.4 Å². The van der Waals surface area contributed by atoms with Crippen molar-refractivity contribution in [2.24, 2.45) is 13.0 Å². The van der Waals surface area contributed by atoms with Crippen LogP contribution in [0.4, 0.5) is 10.2 Å². The summed E-state index contributed by atoms with van der Waals surface area (Å²) >= 11 is 0. The molecule has 0 saturated carbocycles. The molecule has 2 atom stereocenters. The summed E-state index contributed by atoms with van der Waals surface area (Å²) in [5.74, 6) is 0.868. The van der Waals surface area contributed by atoms with Gasteiger partial charge in [0, 0.05) is 43.3 Å². The smallest absolute Gasteiger partial charge is 0.263 e. The van der Waals surface area contributed by atoms with Gasteiger partial charge in [0.05, 0.1) is 22.3 Å². The van der Waals surface area contributed by atoms with Gasteiger partial charge in [0.15, 0.2) is 0 Å². The number of piperidine rings is 1. The van der Waals surface area contributed by atoms with Crippen LogP contribution in [0.3, 0.4) is 0 Å². The average molecular weight is 484 g/mol. The van der Waals surface area contributed by atoms with Crippen LogP contribution in [0, 0.1) is 30.0 Å². The van der Waals surface area contributed by atoms with Crippen LogP contribution in [0.1, 0.15) is 24.0 Å². The zero-order valence-corrected chi connectivity index (χ0v) is 20.2. The van der Waals surface area contributed by atoms with E-state index in [4.69, 9.17) is 4.98 Å². The summed E-state index contributed by atoms with van der Waals surface area (Å²) in [5, 5.41) is 18.1. The molecule has 0 amide bonds. The monoisotopic (exact) mass is 483 g/mol. The summed E-state index contributed by atoms with van der Waals surface area (Å²) in [5.41, 5.74) is 2.19. The van der Waals surface area contributed by atoms with Crippen molar-refractivity contribution in [3.8, 4) is 23.1 Å². The van der Waals surface area contributed by atoms with Crippen LogP contribution in [0.2, 0.25) is 0 Å². The zero-order chi connectivity index (χ0) is 25.0. The van der Waals surface area contributed by atoms with Gasteiger partial charge in [0.1, 0.15) is 23.5 Å². The van der Waals surface area contributed by atoms with E-state index in [1.54, 1.807) is 10.7 Å². The number of halogens is 1. The molecule has 2 fully saturated rings. The first kappa shape index (κ1) is 22.4. The number of aromatic nitrogens is 4. The highest BCUT2D eigenvalue weighted by molar-refractivity contribution is 5.81. The molecule has 2 aromatic carbocycles. The Morgan fingerprint density at radius 2 is 2.06 bits per heavy atom. The summed E-state index contributed by atoms with van der Waals surface area (Å²) in [4.78, 5) is 21.1. The Bertz CT molecular complexity index is 1600. The SMILES string of the molecule is Cc1c(N2CCC3NCCC3C2)nc(-c2ccc(C#N)c(F)c2)n(-c2ccc3nn(C)cc3c2)c1=O. The quantitative estimate of drug-likeness (QED) is 0.481. The molecule has 8 nitrogen and oxygen atoms in total. The van der Waals surface area contributed by atoms with Gasteiger partial charge in [-0.3, -0.25) is 14.0 Å². The first-order valence-electron chi connectivity index (χ1n) is 12.2. The van der Waals surface area contributed by atoms with Gasteiger partial charge < -0.3 is 10.2 Å². The van der Waals surface area contributed by atoms with Crippen molar-refractivity contribution in [2.45, 2.75) is 25.8 Å². The normalized spacial score (nSPS) is 19.4. The largest absolute Gasteiger partial charge is 0.356 e. The maximum Gasteiger partial charge on any atom is 0.263 e. The summed E-state index contributed by atoms with van der Waals surface area (Å²) < 4.78 is 18.0. The Morgan fingerprint density at radius 1 is 1.19 bits per heavy atom. The van der Waals surface area contributed by atoms with E-state index in [-0.39, 0.29) is 11.1 Å². The van der Waals surface area contributed by atoms with Crippen molar-refractivity contribution in [2.75, 3.05) is 24.5 Å². The molecule has 4 heterocycles. The van der Waals surface area contributed by atoms with Crippen LogP contribution >= 0.6 is 0 Å². The molecule has 0 bridgehead atoms. The van der Waals surface area contributed by atoms with E-state index >= 15 is 0 Å². The number of nitriles is 1. The molecule has 0 spiro atoms. The number of hydrogen-bond acceptors (Lipinski definition) is 6. The van der Waals surface area contributed by atoms with E-state index in [2.05, 4.69) is 15.3 Å². The minimum absolute atomic E-state index is 0.0485. The number of anilines is 1. The van der Waals surface area contributed by atoms with E-state index in [0.29, 0.717) is 40.4 Å². The first-order valence-corrected chi connectivity index (χ1v) is 12.2. The van der Waals surface area contributed by atoms with E-state index in [1.165, 1.54) is 16.7 Å². The zero-order valence-electron chi connectivity index (χ0n) is 20.2. The Kier molecular flexibility index (Phi) is 5.34. The molecule has 36 heavy (non-hydrogen) atoms. The fourth-order valence-corrected chi connectivity index (χ4v) is 5.60. The Balaban J connectivity index is 1.55. The van der Waals surface area contributed by atoms with Gasteiger partial charge in [-0.25, -0.2) is 9.37 Å². The molecule has 2 unspecified atom stereocenters. The van der Waals surface area contributed by atoms with E-state index in [9.17, 15) is 14.4 Å². The number of hydrogen-bond donors (Lipinski definition) is 1. The van der Waals surface area contributed by atoms with Gasteiger partial charge in [-0.05, 0) is 68.6 Å². The lowest BCUT2D eigenvalue weighted by atomic mass is 9.93. The molecule has 6 rings (SSSR count). The second-order valence-corrected chi connectivity index (χ2v) is 9.72. The lowest BCUT2D eigenvalue weighted by molar-refractivity contribution is 0.374. The minimum Gasteiger partial charge on any atom is -0.356 e. The molecule has 2 saturated heterocycles. The number of benzene rings is 2. The molecule has 2 aliphatic rings. The standard InChI is InChI=1S/C27H26FN7O/c1-16-25(34-10-8-23-19(15-34)7-9-30-23)31-26(17-3-4-18(13-29)22(28)12-17)35(27(16)36)21-5-6-24-20(11-21)14-33(2)32-24/h3-6,11-12,14,19,23,30H,7-10,15H2,1-2H3. The predicted molar refractivity (Wildman–Crippen MR) is 136 cm³/mol. The fourth-order valence-electron chi connectivity index (χ4n) is 5.60. The van der Waals surface area contributed by atoms with Crippen LogP contribution in [-0.2, 0) is 7.05 Å². The number of rotatable bonds is 3. The van der Waals surface area contributed by atoms with Crippen LogP contribution in [-0.4, -0.2) is 45.0 Å². The molecule has 4 aromatic rings. The third-order valence-electron chi connectivity index (χ3n) is 7.45. The lowest BCUT2D eigenvalue weighted by Crippen LogP contribution is -2.45. The molecule has 0 aliphatic carbocycles. The first-order chi connectivity index (χ1) is 17.4. The third kappa shape index (κ3) is 3.65. The number of aryl methyl sites for hydroxylation is 1. The molecular formula is C27H26FN7O. The number of nitrogens with one attached hydrogen (secondary N) is 1. The maximum atomic E-state index is 14.7. The van der Waals surface area contributed by atoms with Crippen molar-refractivity contribution in [1.29, 1.82) is 5.26 Å². The molecular weight excluding hydrogens is 457 g/mol. The molecule has 2 aromatic heterocycles. The van der Waals surface area contributed by atoms with Gasteiger partial charge in [0.2, 0.25) is 0 Å². The Morgan fingerprint density at radius 3 is 2.86 bits per heavy atom. The fraction of sp³-hybridized carbons (Fsp3) is 0.333. The summed E-state index contributed by atoms with van der Waals surface area (Å²) in [6.45, 7) is 4.46. The molecule has 9 heteroatoms. The average Bonchev–Trinajstić information content (AvgIpc) is 3.49. The van der Waals surface area contributed by atoms with Crippen molar-refractivity contribution >= 4 is 16.7 Å². The second kappa shape index (κ2) is 8.57. The van der Waals surface area contributed by atoms with Crippen LogP contribution in [0.5, 0.6) is 0 Å². The lowest BCUT2D eigenvalue weighted by Gasteiger charge is -2.36. The van der Waals surface area contributed by atoms with Crippen molar-refractivity contribution in [3.05, 3.63) is 69.9 Å². The van der Waals surface area contributed by atoms with Crippen LogP contribution in [0.25, 0.3) is 28.0 Å². The van der Waals surface area contributed by atoms with Crippen molar-refractivity contribution in [1.82, 2.24) is 24.6 Å².